The smallest absolute Gasteiger partial charge is 0.264 e. The molecule has 1 aliphatic rings. The lowest BCUT2D eigenvalue weighted by atomic mass is 9.89. The Morgan fingerprint density at radius 2 is 1.79 bits per heavy atom. The van der Waals surface area contributed by atoms with Crippen molar-refractivity contribution in [2.75, 3.05) is 14.2 Å². The van der Waals surface area contributed by atoms with Gasteiger partial charge < -0.3 is 14.6 Å². The van der Waals surface area contributed by atoms with Crippen LogP contribution >= 0.6 is 15.9 Å². The van der Waals surface area contributed by atoms with Crippen molar-refractivity contribution >= 4 is 21.8 Å². The van der Waals surface area contributed by atoms with Crippen LogP contribution in [0.5, 0.6) is 11.5 Å². The van der Waals surface area contributed by atoms with Gasteiger partial charge in [-0.3, -0.25) is 9.69 Å². The Morgan fingerprint density at radius 3 is 2.44 bits per heavy atom. The van der Waals surface area contributed by atoms with Crippen LogP contribution in [0.25, 0.3) is 0 Å². The van der Waals surface area contributed by atoms with E-state index in [-0.39, 0.29) is 22.1 Å². The van der Waals surface area contributed by atoms with Crippen LogP contribution < -0.4 is 9.47 Å². The van der Waals surface area contributed by atoms with Gasteiger partial charge in [0.1, 0.15) is 23.1 Å². The number of halogens is 5. The standard InChI is InChI=1S/C24H18BrF4NO4/c1-33-14-5-3-12(19(10-14)34-2)11-30-23(31)16-7-8-18(27)21(25)20(16)24(30,32)17-9-13(26)4-6-15(17)22(28)29/h3-10,22,32H,11H2,1-2H3. The number of rotatable bonds is 6. The van der Waals surface area contributed by atoms with Crippen molar-refractivity contribution in [3.63, 3.8) is 0 Å². The number of alkyl halides is 2. The van der Waals surface area contributed by atoms with Gasteiger partial charge in [0.15, 0.2) is 5.72 Å². The molecule has 0 radical (unpaired) electrons. The molecule has 10 heteroatoms. The summed E-state index contributed by atoms with van der Waals surface area (Å²) in [6.45, 7) is -0.329. The van der Waals surface area contributed by atoms with E-state index in [0.29, 0.717) is 17.1 Å². The molecule has 5 nitrogen and oxygen atoms in total. The van der Waals surface area contributed by atoms with E-state index in [4.69, 9.17) is 9.47 Å². The molecule has 1 amide bonds. The molecule has 3 aromatic rings. The van der Waals surface area contributed by atoms with E-state index >= 15 is 0 Å². The summed E-state index contributed by atoms with van der Waals surface area (Å²) in [7, 11) is 2.84. The lowest BCUT2D eigenvalue weighted by Crippen LogP contribution is -2.45. The van der Waals surface area contributed by atoms with E-state index < -0.39 is 40.8 Å². The Morgan fingerprint density at radius 1 is 1.06 bits per heavy atom. The average Bonchev–Trinajstić information content (AvgIpc) is 3.04. The number of ether oxygens (including phenoxy) is 2. The number of carbonyl (C=O) groups excluding carboxylic acids is 1. The van der Waals surface area contributed by atoms with Crippen molar-refractivity contribution in [1.29, 1.82) is 0 Å². The molecule has 3 aromatic carbocycles. The molecule has 0 aromatic heterocycles. The molecule has 1 aliphatic heterocycles. The summed E-state index contributed by atoms with van der Waals surface area (Å²) in [5, 5.41) is 12.0. The minimum absolute atomic E-state index is 0.118. The summed E-state index contributed by atoms with van der Waals surface area (Å²) in [5.74, 6) is -1.75. The van der Waals surface area contributed by atoms with E-state index in [1.165, 1.54) is 14.2 Å². The van der Waals surface area contributed by atoms with Gasteiger partial charge in [0.05, 0.1) is 25.2 Å². The Hall–Kier alpha value is -3.11. The van der Waals surface area contributed by atoms with Crippen molar-refractivity contribution in [3.05, 3.63) is 92.5 Å². The minimum Gasteiger partial charge on any atom is -0.497 e. The Labute approximate surface area is 200 Å². The maximum Gasteiger partial charge on any atom is 0.264 e. The van der Waals surface area contributed by atoms with E-state index in [2.05, 4.69) is 15.9 Å². The molecule has 1 heterocycles. The first kappa shape index (κ1) is 24.0. The lowest BCUT2D eigenvalue weighted by molar-refractivity contribution is -0.0575. The van der Waals surface area contributed by atoms with Gasteiger partial charge in [-0.1, -0.05) is 0 Å². The normalized spacial score (nSPS) is 17.3. The summed E-state index contributed by atoms with van der Waals surface area (Å²) in [6.07, 6.45) is -3.11. The third-order valence-electron chi connectivity index (χ3n) is 5.76. The van der Waals surface area contributed by atoms with Gasteiger partial charge in [0, 0.05) is 33.9 Å². The fourth-order valence-electron chi connectivity index (χ4n) is 4.14. The second-order valence-corrected chi connectivity index (χ2v) is 8.35. The van der Waals surface area contributed by atoms with Gasteiger partial charge in [-0.25, -0.2) is 17.6 Å². The van der Waals surface area contributed by atoms with Gasteiger partial charge in [0.2, 0.25) is 0 Å². The predicted octanol–water partition coefficient (Wildman–Crippen LogP) is 5.53. The first-order valence-corrected chi connectivity index (χ1v) is 10.7. The SMILES string of the molecule is COc1ccc(CN2C(=O)c3ccc(F)c(Br)c3C2(O)c2cc(F)ccc2C(F)F)c(OC)c1. The van der Waals surface area contributed by atoms with Gasteiger partial charge in [-0.15, -0.1) is 0 Å². The number of fused-ring (bicyclic) bond motifs is 1. The highest BCUT2D eigenvalue weighted by molar-refractivity contribution is 9.10. The quantitative estimate of drug-likeness (QED) is 0.418. The van der Waals surface area contributed by atoms with Crippen LogP contribution in [0.2, 0.25) is 0 Å². The summed E-state index contributed by atoms with van der Waals surface area (Å²) in [4.78, 5) is 14.3. The number of amides is 1. The third-order valence-corrected chi connectivity index (χ3v) is 6.53. The highest BCUT2D eigenvalue weighted by Gasteiger charge is 2.53. The van der Waals surface area contributed by atoms with Crippen LogP contribution in [0.1, 0.15) is 39.0 Å². The number of hydrogen-bond acceptors (Lipinski definition) is 4. The molecule has 0 bridgehead atoms. The first-order chi connectivity index (χ1) is 16.1. The van der Waals surface area contributed by atoms with E-state index in [0.717, 1.165) is 35.2 Å². The fourth-order valence-corrected chi connectivity index (χ4v) is 4.76. The van der Waals surface area contributed by atoms with Crippen molar-refractivity contribution in [3.8, 4) is 11.5 Å². The second kappa shape index (κ2) is 8.92. The Bertz CT molecular complexity index is 1290. The van der Waals surface area contributed by atoms with Gasteiger partial charge in [0.25, 0.3) is 12.3 Å². The van der Waals surface area contributed by atoms with Gasteiger partial charge in [-0.05, 0) is 58.4 Å². The predicted molar refractivity (Wildman–Crippen MR) is 118 cm³/mol. The number of aliphatic hydroxyl groups is 1. The number of hydrogen-bond donors (Lipinski definition) is 1. The third kappa shape index (κ3) is 3.70. The van der Waals surface area contributed by atoms with Crippen LogP contribution in [-0.4, -0.2) is 30.1 Å². The first-order valence-electron chi connectivity index (χ1n) is 9.95. The highest BCUT2D eigenvalue weighted by atomic mass is 79.9. The van der Waals surface area contributed by atoms with Crippen molar-refractivity contribution < 1.29 is 36.9 Å². The largest absolute Gasteiger partial charge is 0.497 e. The maximum absolute atomic E-state index is 14.5. The van der Waals surface area contributed by atoms with E-state index in [9.17, 15) is 27.5 Å². The minimum atomic E-state index is -3.11. The highest BCUT2D eigenvalue weighted by Crippen LogP contribution is 2.49. The Kier molecular flexibility index (Phi) is 6.30. The zero-order valence-corrected chi connectivity index (χ0v) is 19.5. The molecular weight excluding hydrogens is 522 g/mol. The topological polar surface area (TPSA) is 59.0 Å². The number of methoxy groups -OCH3 is 2. The van der Waals surface area contributed by atoms with Crippen molar-refractivity contribution in [1.82, 2.24) is 4.90 Å². The summed E-state index contributed by atoms with van der Waals surface area (Å²) in [6, 6.07) is 9.24. The molecule has 4 rings (SSSR count). The van der Waals surface area contributed by atoms with E-state index in [1.807, 2.05) is 0 Å². The summed E-state index contributed by atoms with van der Waals surface area (Å²) in [5.41, 5.74) is -3.91. The number of benzene rings is 3. The van der Waals surface area contributed by atoms with Crippen LogP contribution in [-0.2, 0) is 12.3 Å². The van der Waals surface area contributed by atoms with Crippen LogP contribution in [0.15, 0.2) is 53.0 Å². The van der Waals surface area contributed by atoms with Gasteiger partial charge >= 0.3 is 0 Å². The number of nitrogens with zero attached hydrogens (tertiary/aromatic N) is 1. The molecule has 0 spiro atoms. The molecule has 1 N–H and O–H groups in total. The molecule has 0 saturated heterocycles. The second-order valence-electron chi connectivity index (χ2n) is 7.56. The molecule has 0 saturated carbocycles. The van der Waals surface area contributed by atoms with Crippen LogP contribution in [0, 0.1) is 11.6 Å². The molecule has 1 atom stereocenters. The fraction of sp³-hybridized carbons (Fsp3) is 0.208. The number of carbonyl (C=O) groups is 1. The molecule has 178 valence electrons. The zero-order valence-electron chi connectivity index (χ0n) is 17.9. The molecular formula is C24H18BrF4NO4. The van der Waals surface area contributed by atoms with Crippen LogP contribution in [0.4, 0.5) is 17.6 Å². The summed E-state index contributed by atoms with van der Waals surface area (Å²) >= 11 is 3.04. The van der Waals surface area contributed by atoms with Crippen molar-refractivity contribution in [2.24, 2.45) is 0 Å². The molecule has 34 heavy (non-hydrogen) atoms. The lowest BCUT2D eigenvalue weighted by Gasteiger charge is -2.36. The maximum atomic E-state index is 14.5. The Balaban J connectivity index is 1.98. The van der Waals surface area contributed by atoms with Gasteiger partial charge in [-0.2, -0.15) is 0 Å². The molecule has 0 fully saturated rings. The molecule has 0 aliphatic carbocycles. The monoisotopic (exact) mass is 539 g/mol. The molecule has 1 unspecified atom stereocenters. The van der Waals surface area contributed by atoms with E-state index in [1.54, 1.807) is 18.2 Å². The zero-order chi connectivity index (χ0) is 24.8. The van der Waals surface area contributed by atoms with Crippen molar-refractivity contribution in [2.45, 2.75) is 18.7 Å². The summed E-state index contributed by atoms with van der Waals surface area (Å²) < 4.78 is 66.9. The average molecular weight is 540 g/mol. The van der Waals surface area contributed by atoms with Crippen LogP contribution in [0.3, 0.4) is 0 Å².